The third kappa shape index (κ3) is 3.39. The topological polar surface area (TPSA) is 46.2 Å². The van der Waals surface area contributed by atoms with Crippen LogP contribution in [0.2, 0.25) is 0 Å². The Morgan fingerprint density at radius 1 is 1.12 bits per heavy atom. The average molecular weight is 267 g/mol. The quantitative estimate of drug-likeness (QED) is 0.903. The van der Waals surface area contributed by atoms with Crippen LogP contribution in [0.4, 0.5) is 0 Å². The van der Waals surface area contributed by atoms with E-state index in [2.05, 4.69) is 4.72 Å². The van der Waals surface area contributed by atoms with Crippen molar-refractivity contribution in [2.24, 2.45) is 0 Å². The van der Waals surface area contributed by atoms with E-state index in [1.807, 2.05) is 16.8 Å². The molecule has 1 heterocycles. The minimum Gasteiger partial charge on any atom is -0.211 e. The van der Waals surface area contributed by atoms with E-state index in [9.17, 15) is 8.42 Å². The minimum atomic E-state index is -3.36. The summed E-state index contributed by atoms with van der Waals surface area (Å²) >= 11 is 1.62. The van der Waals surface area contributed by atoms with Gasteiger partial charge in [-0.2, -0.15) is 11.3 Å². The van der Waals surface area contributed by atoms with Gasteiger partial charge in [0, 0.05) is 6.54 Å². The molecule has 0 spiro atoms. The van der Waals surface area contributed by atoms with E-state index in [-0.39, 0.29) is 0 Å². The van der Waals surface area contributed by atoms with Gasteiger partial charge in [-0.3, -0.25) is 0 Å². The number of rotatable bonds is 5. The Hall–Kier alpha value is -1.17. The number of nitrogens with one attached hydrogen (secondary N) is 1. The molecular formula is C12H13NO2S2. The van der Waals surface area contributed by atoms with Gasteiger partial charge in [0.2, 0.25) is 10.0 Å². The van der Waals surface area contributed by atoms with Crippen molar-refractivity contribution >= 4 is 21.4 Å². The fraction of sp³-hybridized carbons (Fsp3) is 0.167. The lowest BCUT2D eigenvalue weighted by Gasteiger charge is -2.05. The third-order valence-corrected chi connectivity index (χ3v) is 4.55. The Labute approximate surface area is 105 Å². The van der Waals surface area contributed by atoms with E-state index >= 15 is 0 Å². The van der Waals surface area contributed by atoms with Gasteiger partial charge in [-0.05, 0) is 40.9 Å². The van der Waals surface area contributed by atoms with Crippen LogP contribution in [0.5, 0.6) is 0 Å². The van der Waals surface area contributed by atoms with Crippen LogP contribution in [0.25, 0.3) is 0 Å². The number of hydrogen-bond donors (Lipinski definition) is 1. The molecule has 1 N–H and O–H groups in total. The first kappa shape index (κ1) is 12.3. The van der Waals surface area contributed by atoms with Gasteiger partial charge in [-0.25, -0.2) is 13.1 Å². The zero-order chi connectivity index (χ0) is 12.1. The van der Waals surface area contributed by atoms with Gasteiger partial charge < -0.3 is 0 Å². The monoisotopic (exact) mass is 267 g/mol. The van der Waals surface area contributed by atoms with Crippen molar-refractivity contribution in [2.45, 2.75) is 11.3 Å². The molecule has 0 aliphatic rings. The minimum absolute atomic E-state index is 0.310. The maximum absolute atomic E-state index is 11.9. The van der Waals surface area contributed by atoms with Crippen LogP contribution in [-0.2, 0) is 16.4 Å². The van der Waals surface area contributed by atoms with Crippen molar-refractivity contribution in [3.05, 3.63) is 52.7 Å². The Morgan fingerprint density at radius 3 is 2.53 bits per heavy atom. The number of hydrogen-bond acceptors (Lipinski definition) is 3. The van der Waals surface area contributed by atoms with Gasteiger partial charge in [-0.1, -0.05) is 18.2 Å². The van der Waals surface area contributed by atoms with Crippen molar-refractivity contribution < 1.29 is 8.42 Å². The standard InChI is InChI=1S/C12H13NO2S2/c14-17(15,12-4-2-1-3-5-12)13-8-6-11-7-9-16-10-11/h1-5,7,9-10,13H,6,8H2. The van der Waals surface area contributed by atoms with Crippen molar-refractivity contribution in [3.63, 3.8) is 0 Å². The summed E-state index contributed by atoms with van der Waals surface area (Å²) in [7, 11) is -3.36. The van der Waals surface area contributed by atoms with Crippen LogP contribution >= 0.6 is 11.3 Å². The Bertz CT molecular complexity index is 547. The highest BCUT2D eigenvalue weighted by molar-refractivity contribution is 7.89. The smallest absolute Gasteiger partial charge is 0.211 e. The summed E-state index contributed by atoms with van der Waals surface area (Å²) in [5.41, 5.74) is 1.16. The van der Waals surface area contributed by atoms with Crippen LogP contribution in [0.1, 0.15) is 5.56 Å². The number of sulfonamides is 1. The zero-order valence-electron chi connectivity index (χ0n) is 9.17. The molecule has 0 aliphatic carbocycles. The molecule has 2 aromatic rings. The highest BCUT2D eigenvalue weighted by Crippen LogP contribution is 2.08. The van der Waals surface area contributed by atoms with Crippen LogP contribution in [0.15, 0.2) is 52.1 Å². The normalized spacial score (nSPS) is 11.5. The fourth-order valence-corrected chi connectivity index (χ4v) is 3.20. The van der Waals surface area contributed by atoms with Crippen molar-refractivity contribution in [2.75, 3.05) is 6.54 Å². The first-order valence-corrected chi connectivity index (χ1v) is 7.67. The predicted octanol–water partition coefficient (Wildman–Crippen LogP) is 2.27. The second kappa shape index (κ2) is 5.44. The Morgan fingerprint density at radius 2 is 1.88 bits per heavy atom. The van der Waals surface area contributed by atoms with E-state index in [4.69, 9.17) is 0 Å². The second-order valence-electron chi connectivity index (χ2n) is 3.59. The van der Waals surface area contributed by atoms with E-state index in [1.54, 1.807) is 41.7 Å². The number of thiophene rings is 1. The summed E-state index contributed by atoms with van der Waals surface area (Å²) in [6, 6.07) is 10.4. The van der Waals surface area contributed by atoms with Gasteiger partial charge in [0.15, 0.2) is 0 Å². The summed E-state index contributed by atoms with van der Waals surface area (Å²) in [5.74, 6) is 0. The highest BCUT2D eigenvalue weighted by Gasteiger charge is 2.11. The summed E-state index contributed by atoms with van der Waals surface area (Å²) in [6.45, 7) is 0.425. The molecule has 0 unspecified atom stereocenters. The summed E-state index contributed by atoms with van der Waals surface area (Å²) < 4.78 is 26.3. The lowest BCUT2D eigenvalue weighted by molar-refractivity contribution is 0.581. The molecule has 17 heavy (non-hydrogen) atoms. The molecule has 3 nitrogen and oxygen atoms in total. The molecule has 2 rings (SSSR count). The second-order valence-corrected chi connectivity index (χ2v) is 6.14. The lowest BCUT2D eigenvalue weighted by Crippen LogP contribution is -2.25. The Balaban J connectivity index is 1.95. The van der Waals surface area contributed by atoms with Gasteiger partial charge in [0.05, 0.1) is 4.90 Å². The molecule has 0 atom stereocenters. The summed E-state index contributed by atoms with van der Waals surface area (Å²) in [4.78, 5) is 0.310. The molecule has 1 aromatic carbocycles. The molecule has 0 saturated heterocycles. The van der Waals surface area contributed by atoms with E-state index in [0.29, 0.717) is 11.4 Å². The van der Waals surface area contributed by atoms with Crippen LogP contribution < -0.4 is 4.72 Å². The molecule has 0 radical (unpaired) electrons. The fourth-order valence-electron chi connectivity index (χ4n) is 1.45. The molecule has 1 aromatic heterocycles. The van der Waals surface area contributed by atoms with Crippen LogP contribution in [0.3, 0.4) is 0 Å². The maximum atomic E-state index is 11.9. The predicted molar refractivity (Wildman–Crippen MR) is 69.7 cm³/mol. The average Bonchev–Trinajstić information content (AvgIpc) is 2.83. The molecule has 0 bridgehead atoms. The first-order valence-electron chi connectivity index (χ1n) is 5.24. The highest BCUT2D eigenvalue weighted by atomic mass is 32.2. The molecule has 0 fully saturated rings. The van der Waals surface area contributed by atoms with Crippen LogP contribution in [0, 0.1) is 0 Å². The van der Waals surface area contributed by atoms with Gasteiger partial charge >= 0.3 is 0 Å². The molecule has 0 aliphatic heterocycles. The zero-order valence-corrected chi connectivity index (χ0v) is 10.8. The third-order valence-electron chi connectivity index (χ3n) is 2.34. The Kier molecular flexibility index (Phi) is 3.93. The molecule has 5 heteroatoms. The van der Waals surface area contributed by atoms with E-state index in [1.165, 1.54) is 0 Å². The molecule has 0 amide bonds. The molecule has 90 valence electrons. The molecule has 0 saturated carbocycles. The van der Waals surface area contributed by atoms with Gasteiger partial charge in [-0.15, -0.1) is 0 Å². The van der Waals surface area contributed by atoms with Gasteiger partial charge in [0.1, 0.15) is 0 Å². The largest absolute Gasteiger partial charge is 0.240 e. The van der Waals surface area contributed by atoms with Crippen LogP contribution in [-0.4, -0.2) is 15.0 Å². The van der Waals surface area contributed by atoms with Crippen molar-refractivity contribution in [1.82, 2.24) is 4.72 Å². The lowest BCUT2D eigenvalue weighted by atomic mass is 10.2. The molecular weight excluding hydrogens is 254 g/mol. The van der Waals surface area contributed by atoms with E-state index < -0.39 is 10.0 Å². The van der Waals surface area contributed by atoms with Crippen molar-refractivity contribution in [3.8, 4) is 0 Å². The van der Waals surface area contributed by atoms with Gasteiger partial charge in [0.25, 0.3) is 0 Å². The van der Waals surface area contributed by atoms with Crippen molar-refractivity contribution in [1.29, 1.82) is 0 Å². The first-order chi connectivity index (χ1) is 8.18. The maximum Gasteiger partial charge on any atom is 0.240 e. The van der Waals surface area contributed by atoms with E-state index in [0.717, 1.165) is 12.0 Å². The number of benzene rings is 1. The summed E-state index contributed by atoms with van der Waals surface area (Å²) in [5, 5.41) is 4.01. The SMILES string of the molecule is O=S(=O)(NCCc1ccsc1)c1ccccc1. The summed E-state index contributed by atoms with van der Waals surface area (Å²) in [6.07, 6.45) is 0.718.